The Morgan fingerprint density at radius 2 is 2.29 bits per heavy atom. The summed E-state index contributed by atoms with van der Waals surface area (Å²) in [5.41, 5.74) is 0.424. The Balaban J connectivity index is 2.64. The summed E-state index contributed by atoms with van der Waals surface area (Å²) in [6.45, 7) is 3.89. The molecular weight excluding hydrogens is 183 g/mol. The Morgan fingerprint density at radius 3 is 2.86 bits per heavy atom. The van der Waals surface area contributed by atoms with Gasteiger partial charge in [0.1, 0.15) is 0 Å². The molecule has 0 spiro atoms. The van der Waals surface area contributed by atoms with Gasteiger partial charge in [-0.25, -0.2) is 4.39 Å². The highest BCUT2D eigenvalue weighted by Crippen LogP contribution is 2.15. The Kier molecular flexibility index (Phi) is 3.83. The quantitative estimate of drug-likeness (QED) is 0.773. The van der Waals surface area contributed by atoms with Crippen molar-refractivity contribution in [2.45, 2.75) is 19.9 Å². The topological polar surface area (TPSA) is 45.1 Å². The molecule has 1 heterocycles. The third kappa shape index (κ3) is 2.67. The predicted molar refractivity (Wildman–Crippen MR) is 53.5 cm³/mol. The first-order valence-corrected chi connectivity index (χ1v) is 4.62. The Labute approximate surface area is 83.0 Å². The first kappa shape index (κ1) is 10.9. The average Bonchev–Trinajstić information content (AvgIpc) is 2.20. The lowest BCUT2D eigenvalue weighted by molar-refractivity contribution is 0.226. The van der Waals surface area contributed by atoms with Crippen molar-refractivity contribution in [1.29, 1.82) is 0 Å². The van der Waals surface area contributed by atoms with Crippen LogP contribution in [0.4, 0.5) is 10.1 Å². The standard InChI is InChI=1S/C10H15FN2O/c1-7(6-14)8(2)13-10-3-4-12-5-9(10)11/h3-5,7-8,14H,6H2,1-2H3,(H,12,13). The number of rotatable bonds is 4. The molecule has 2 atom stereocenters. The van der Waals surface area contributed by atoms with E-state index in [2.05, 4.69) is 10.3 Å². The van der Waals surface area contributed by atoms with Gasteiger partial charge in [-0.1, -0.05) is 6.92 Å². The fourth-order valence-corrected chi connectivity index (χ4v) is 1.04. The van der Waals surface area contributed by atoms with Crippen molar-refractivity contribution in [3.8, 4) is 0 Å². The van der Waals surface area contributed by atoms with Gasteiger partial charge in [0.25, 0.3) is 0 Å². The van der Waals surface area contributed by atoms with Crippen LogP contribution >= 0.6 is 0 Å². The molecule has 0 aromatic carbocycles. The zero-order valence-corrected chi connectivity index (χ0v) is 8.37. The van der Waals surface area contributed by atoms with E-state index in [1.807, 2.05) is 13.8 Å². The Bertz CT molecular complexity index is 293. The van der Waals surface area contributed by atoms with Crippen LogP contribution in [0.3, 0.4) is 0 Å². The molecule has 0 saturated heterocycles. The van der Waals surface area contributed by atoms with E-state index in [0.717, 1.165) is 0 Å². The van der Waals surface area contributed by atoms with E-state index in [1.54, 1.807) is 6.07 Å². The minimum absolute atomic E-state index is 0.0249. The average molecular weight is 198 g/mol. The maximum Gasteiger partial charge on any atom is 0.164 e. The van der Waals surface area contributed by atoms with E-state index in [0.29, 0.717) is 5.69 Å². The van der Waals surface area contributed by atoms with E-state index < -0.39 is 0 Å². The lowest BCUT2D eigenvalue weighted by Gasteiger charge is -2.20. The maximum absolute atomic E-state index is 13.1. The normalized spacial score (nSPS) is 14.9. The molecule has 78 valence electrons. The largest absolute Gasteiger partial charge is 0.396 e. The van der Waals surface area contributed by atoms with Crippen LogP contribution in [0.25, 0.3) is 0 Å². The highest BCUT2D eigenvalue weighted by atomic mass is 19.1. The third-order valence-corrected chi connectivity index (χ3v) is 2.30. The summed E-state index contributed by atoms with van der Waals surface area (Å²) in [5, 5.41) is 11.9. The summed E-state index contributed by atoms with van der Waals surface area (Å²) in [5.74, 6) is -0.285. The van der Waals surface area contributed by atoms with Gasteiger partial charge in [0.05, 0.1) is 11.9 Å². The predicted octanol–water partition coefficient (Wildman–Crippen LogP) is 1.65. The summed E-state index contributed by atoms with van der Waals surface area (Å²) in [6.07, 6.45) is 2.69. The first-order chi connectivity index (χ1) is 6.65. The van der Waals surface area contributed by atoms with Crippen LogP contribution in [-0.2, 0) is 0 Å². The van der Waals surface area contributed by atoms with Crippen molar-refractivity contribution in [2.24, 2.45) is 5.92 Å². The van der Waals surface area contributed by atoms with Crippen molar-refractivity contribution in [2.75, 3.05) is 11.9 Å². The highest BCUT2D eigenvalue weighted by molar-refractivity contribution is 5.43. The van der Waals surface area contributed by atoms with Crippen LogP contribution in [0.15, 0.2) is 18.5 Å². The Morgan fingerprint density at radius 1 is 1.57 bits per heavy atom. The van der Waals surface area contributed by atoms with Gasteiger partial charge in [-0.3, -0.25) is 4.98 Å². The molecule has 0 fully saturated rings. The molecule has 0 amide bonds. The molecule has 3 nitrogen and oxygen atoms in total. The van der Waals surface area contributed by atoms with Gasteiger partial charge in [-0.2, -0.15) is 0 Å². The number of aromatic nitrogens is 1. The third-order valence-electron chi connectivity index (χ3n) is 2.30. The Hall–Kier alpha value is -1.16. The van der Waals surface area contributed by atoms with E-state index in [1.165, 1.54) is 12.4 Å². The van der Waals surface area contributed by atoms with Gasteiger partial charge in [-0.05, 0) is 18.9 Å². The van der Waals surface area contributed by atoms with Crippen LogP contribution in [0.1, 0.15) is 13.8 Å². The second kappa shape index (κ2) is 4.91. The maximum atomic E-state index is 13.1. The van der Waals surface area contributed by atoms with Crippen LogP contribution in [0.2, 0.25) is 0 Å². The molecule has 0 aliphatic heterocycles. The molecule has 2 unspecified atom stereocenters. The van der Waals surface area contributed by atoms with Crippen LogP contribution in [0, 0.1) is 11.7 Å². The number of aliphatic hydroxyl groups is 1. The van der Waals surface area contributed by atoms with Crippen LogP contribution in [0.5, 0.6) is 0 Å². The van der Waals surface area contributed by atoms with E-state index in [9.17, 15) is 4.39 Å². The fourth-order valence-electron chi connectivity index (χ4n) is 1.04. The summed E-state index contributed by atoms with van der Waals surface area (Å²) < 4.78 is 13.1. The SMILES string of the molecule is CC(CO)C(C)Nc1ccncc1F. The first-order valence-electron chi connectivity index (χ1n) is 4.62. The molecule has 4 heteroatoms. The smallest absolute Gasteiger partial charge is 0.164 e. The zero-order valence-electron chi connectivity index (χ0n) is 8.37. The number of hydrogen-bond acceptors (Lipinski definition) is 3. The molecule has 0 aliphatic rings. The molecule has 1 aromatic rings. The van der Waals surface area contributed by atoms with Crippen molar-refractivity contribution in [1.82, 2.24) is 4.98 Å². The van der Waals surface area contributed by atoms with Crippen molar-refractivity contribution < 1.29 is 9.50 Å². The fraction of sp³-hybridized carbons (Fsp3) is 0.500. The van der Waals surface area contributed by atoms with Crippen molar-refractivity contribution in [3.63, 3.8) is 0 Å². The molecular formula is C10H15FN2O. The van der Waals surface area contributed by atoms with E-state index in [4.69, 9.17) is 5.11 Å². The molecule has 0 saturated carbocycles. The number of pyridine rings is 1. The summed E-state index contributed by atoms with van der Waals surface area (Å²) in [7, 11) is 0. The summed E-state index contributed by atoms with van der Waals surface area (Å²) in [4.78, 5) is 3.65. The lowest BCUT2D eigenvalue weighted by Crippen LogP contribution is -2.26. The van der Waals surface area contributed by atoms with Gasteiger partial charge < -0.3 is 10.4 Å². The molecule has 0 aliphatic carbocycles. The summed E-state index contributed by atoms with van der Waals surface area (Å²) >= 11 is 0. The van der Waals surface area contributed by atoms with Gasteiger partial charge in [0, 0.05) is 18.8 Å². The number of aliphatic hydroxyl groups excluding tert-OH is 1. The minimum atomic E-state index is -0.371. The lowest BCUT2D eigenvalue weighted by atomic mass is 10.1. The minimum Gasteiger partial charge on any atom is -0.396 e. The van der Waals surface area contributed by atoms with Gasteiger partial charge in [0.2, 0.25) is 0 Å². The molecule has 0 bridgehead atoms. The number of anilines is 1. The molecule has 1 aromatic heterocycles. The molecule has 2 N–H and O–H groups in total. The number of halogens is 1. The van der Waals surface area contributed by atoms with Crippen LogP contribution < -0.4 is 5.32 Å². The highest BCUT2D eigenvalue weighted by Gasteiger charge is 2.12. The second-order valence-electron chi connectivity index (χ2n) is 3.45. The molecule has 1 rings (SSSR count). The van der Waals surface area contributed by atoms with Gasteiger partial charge in [0.15, 0.2) is 5.82 Å². The summed E-state index contributed by atoms with van der Waals surface area (Å²) in [6, 6.07) is 1.60. The van der Waals surface area contributed by atoms with E-state index >= 15 is 0 Å². The zero-order chi connectivity index (χ0) is 10.6. The molecule has 14 heavy (non-hydrogen) atoms. The number of hydrogen-bond donors (Lipinski definition) is 2. The van der Waals surface area contributed by atoms with E-state index in [-0.39, 0.29) is 24.4 Å². The van der Waals surface area contributed by atoms with Gasteiger partial charge in [-0.15, -0.1) is 0 Å². The van der Waals surface area contributed by atoms with Crippen LogP contribution in [-0.4, -0.2) is 22.7 Å². The van der Waals surface area contributed by atoms with Crippen molar-refractivity contribution >= 4 is 5.69 Å². The van der Waals surface area contributed by atoms with Crippen molar-refractivity contribution in [3.05, 3.63) is 24.3 Å². The number of nitrogens with zero attached hydrogens (tertiary/aromatic N) is 1. The van der Waals surface area contributed by atoms with Gasteiger partial charge >= 0.3 is 0 Å². The molecule has 0 radical (unpaired) electrons. The monoisotopic (exact) mass is 198 g/mol. The number of nitrogens with one attached hydrogen (secondary N) is 1. The second-order valence-corrected chi connectivity index (χ2v) is 3.45.